The fraction of sp³-hybridized carbons (Fsp3) is 0.500. The van der Waals surface area contributed by atoms with Crippen LogP contribution in [0.2, 0.25) is 0 Å². The minimum absolute atomic E-state index is 0.106. The van der Waals surface area contributed by atoms with E-state index in [1.54, 1.807) is 0 Å². The Labute approximate surface area is 119 Å². The summed E-state index contributed by atoms with van der Waals surface area (Å²) in [7, 11) is 0. The lowest BCUT2D eigenvalue weighted by atomic mass is 9.99. The Kier molecular flexibility index (Phi) is 4.42. The summed E-state index contributed by atoms with van der Waals surface area (Å²) in [4.78, 5) is 22.8. The lowest BCUT2D eigenvalue weighted by Gasteiger charge is -2.14. The van der Waals surface area contributed by atoms with Crippen LogP contribution in [0.25, 0.3) is 0 Å². The highest BCUT2D eigenvalue weighted by molar-refractivity contribution is 5.97. The van der Waals surface area contributed by atoms with E-state index >= 15 is 0 Å². The third-order valence-corrected chi connectivity index (χ3v) is 3.88. The molecule has 20 heavy (non-hydrogen) atoms. The molecule has 2 N–H and O–H groups in total. The second-order valence-electron chi connectivity index (χ2n) is 5.58. The zero-order valence-electron chi connectivity index (χ0n) is 11.8. The van der Waals surface area contributed by atoms with E-state index in [9.17, 15) is 9.59 Å². The van der Waals surface area contributed by atoms with Gasteiger partial charge in [0.1, 0.15) is 0 Å². The zero-order valence-corrected chi connectivity index (χ0v) is 11.8. The van der Waals surface area contributed by atoms with Crippen LogP contribution in [0.15, 0.2) is 24.3 Å². The number of anilines is 1. The van der Waals surface area contributed by atoms with E-state index in [1.165, 1.54) is 0 Å². The Hall–Kier alpha value is -1.84. The van der Waals surface area contributed by atoms with Gasteiger partial charge >= 0.3 is 5.97 Å². The molecule has 4 nitrogen and oxygen atoms in total. The Morgan fingerprint density at radius 2 is 2.10 bits per heavy atom. The molecule has 1 saturated carbocycles. The molecule has 1 aromatic rings. The van der Waals surface area contributed by atoms with Crippen molar-refractivity contribution in [1.29, 1.82) is 0 Å². The number of aryl methyl sites for hydroxylation is 1. The maximum Gasteiger partial charge on any atom is 0.303 e. The molecule has 0 bridgehead atoms. The summed E-state index contributed by atoms with van der Waals surface area (Å²) in [5.74, 6) is -0.700. The number of benzene rings is 1. The maximum atomic E-state index is 12.3. The standard InChI is InChI=1S/C16H21NO3/c1-2-8-16(9-10-16)15(20)17-13-5-3-4-12(11-13)6-7-14(18)19/h3-5,11H,2,6-10H2,1H3,(H,17,20)(H,18,19). The average Bonchev–Trinajstić information content (AvgIpc) is 3.18. The third-order valence-electron chi connectivity index (χ3n) is 3.88. The third kappa shape index (κ3) is 3.59. The van der Waals surface area contributed by atoms with Crippen molar-refractivity contribution < 1.29 is 14.7 Å². The summed E-state index contributed by atoms with van der Waals surface area (Å²) in [5.41, 5.74) is 1.55. The summed E-state index contributed by atoms with van der Waals surface area (Å²) in [5, 5.41) is 11.7. The number of carboxylic acid groups (broad SMARTS) is 1. The number of carbonyl (C=O) groups excluding carboxylic acids is 1. The minimum Gasteiger partial charge on any atom is -0.481 e. The van der Waals surface area contributed by atoms with Crippen LogP contribution in [0.5, 0.6) is 0 Å². The summed E-state index contributed by atoms with van der Waals surface area (Å²) in [6.45, 7) is 2.10. The number of carboxylic acids is 1. The average molecular weight is 275 g/mol. The van der Waals surface area contributed by atoms with E-state index in [4.69, 9.17) is 5.11 Å². The monoisotopic (exact) mass is 275 g/mol. The van der Waals surface area contributed by atoms with Gasteiger partial charge in [-0.3, -0.25) is 9.59 Å². The molecule has 2 rings (SSSR count). The fourth-order valence-electron chi connectivity index (χ4n) is 2.54. The molecule has 0 aliphatic heterocycles. The predicted molar refractivity (Wildman–Crippen MR) is 77.6 cm³/mol. The predicted octanol–water partition coefficient (Wildman–Crippen LogP) is 3.22. The van der Waals surface area contributed by atoms with E-state index in [0.29, 0.717) is 6.42 Å². The molecule has 0 aromatic heterocycles. The topological polar surface area (TPSA) is 66.4 Å². The number of hydrogen-bond acceptors (Lipinski definition) is 2. The molecule has 0 heterocycles. The first-order chi connectivity index (χ1) is 9.55. The molecule has 0 saturated heterocycles. The van der Waals surface area contributed by atoms with Crippen LogP contribution in [0.3, 0.4) is 0 Å². The fourth-order valence-corrected chi connectivity index (χ4v) is 2.54. The SMILES string of the molecule is CCCC1(C(=O)Nc2cccc(CCC(=O)O)c2)CC1. The van der Waals surface area contributed by atoms with Crippen molar-refractivity contribution in [3.63, 3.8) is 0 Å². The van der Waals surface area contributed by atoms with Crippen LogP contribution < -0.4 is 5.32 Å². The van der Waals surface area contributed by atoms with Crippen molar-refractivity contribution in [1.82, 2.24) is 0 Å². The Bertz CT molecular complexity index is 506. The van der Waals surface area contributed by atoms with Crippen LogP contribution in [0.1, 0.15) is 44.6 Å². The number of nitrogens with one attached hydrogen (secondary N) is 1. The molecular weight excluding hydrogens is 254 g/mol. The second kappa shape index (κ2) is 6.07. The van der Waals surface area contributed by atoms with Crippen molar-refractivity contribution in [3.8, 4) is 0 Å². The highest BCUT2D eigenvalue weighted by Crippen LogP contribution is 2.50. The smallest absolute Gasteiger partial charge is 0.303 e. The first-order valence-corrected chi connectivity index (χ1v) is 7.18. The van der Waals surface area contributed by atoms with E-state index in [-0.39, 0.29) is 17.7 Å². The van der Waals surface area contributed by atoms with Crippen molar-refractivity contribution in [2.45, 2.75) is 45.4 Å². The van der Waals surface area contributed by atoms with Crippen molar-refractivity contribution in [3.05, 3.63) is 29.8 Å². The van der Waals surface area contributed by atoms with Gasteiger partial charge in [-0.2, -0.15) is 0 Å². The Morgan fingerprint density at radius 1 is 1.35 bits per heavy atom. The lowest BCUT2D eigenvalue weighted by Crippen LogP contribution is -2.24. The van der Waals surface area contributed by atoms with E-state index in [1.807, 2.05) is 24.3 Å². The van der Waals surface area contributed by atoms with Gasteiger partial charge in [0.15, 0.2) is 0 Å². The lowest BCUT2D eigenvalue weighted by molar-refractivity contribution is -0.137. The van der Waals surface area contributed by atoms with Crippen LogP contribution >= 0.6 is 0 Å². The number of aliphatic carboxylic acids is 1. The van der Waals surface area contributed by atoms with Gasteiger partial charge in [0, 0.05) is 17.5 Å². The Morgan fingerprint density at radius 3 is 2.70 bits per heavy atom. The van der Waals surface area contributed by atoms with Crippen molar-refractivity contribution in [2.24, 2.45) is 5.41 Å². The first-order valence-electron chi connectivity index (χ1n) is 7.18. The minimum atomic E-state index is -0.806. The highest BCUT2D eigenvalue weighted by atomic mass is 16.4. The largest absolute Gasteiger partial charge is 0.481 e. The van der Waals surface area contributed by atoms with Crippen LogP contribution in [-0.4, -0.2) is 17.0 Å². The molecule has 0 atom stereocenters. The van der Waals surface area contributed by atoms with Gasteiger partial charge in [-0.05, 0) is 43.4 Å². The van der Waals surface area contributed by atoms with E-state index in [0.717, 1.165) is 36.9 Å². The van der Waals surface area contributed by atoms with Gasteiger partial charge in [0.25, 0.3) is 0 Å². The number of rotatable bonds is 7. The molecule has 0 radical (unpaired) electrons. The van der Waals surface area contributed by atoms with Crippen molar-refractivity contribution in [2.75, 3.05) is 5.32 Å². The molecular formula is C16H21NO3. The van der Waals surface area contributed by atoms with Crippen LogP contribution in [-0.2, 0) is 16.0 Å². The molecule has 1 aliphatic rings. The molecule has 1 fully saturated rings. The summed E-state index contributed by atoms with van der Waals surface area (Å²) < 4.78 is 0. The van der Waals surface area contributed by atoms with Gasteiger partial charge in [-0.25, -0.2) is 0 Å². The van der Waals surface area contributed by atoms with Gasteiger partial charge in [0.05, 0.1) is 0 Å². The van der Waals surface area contributed by atoms with Gasteiger partial charge in [0.2, 0.25) is 5.91 Å². The van der Waals surface area contributed by atoms with Gasteiger partial charge in [-0.15, -0.1) is 0 Å². The van der Waals surface area contributed by atoms with E-state index < -0.39 is 5.97 Å². The van der Waals surface area contributed by atoms with E-state index in [2.05, 4.69) is 12.2 Å². The number of hydrogen-bond donors (Lipinski definition) is 2. The molecule has 0 spiro atoms. The molecule has 4 heteroatoms. The first kappa shape index (κ1) is 14.6. The summed E-state index contributed by atoms with van der Waals surface area (Å²) >= 11 is 0. The quantitative estimate of drug-likeness (QED) is 0.803. The summed E-state index contributed by atoms with van der Waals surface area (Å²) in [6, 6.07) is 7.46. The molecule has 1 aromatic carbocycles. The van der Waals surface area contributed by atoms with Crippen LogP contribution in [0, 0.1) is 5.41 Å². The molecule has 1 amide bonds. The van der Waals surface area contributed by atoms with Gasteiger partial charge in [-0.1, -0.05) is 25.5 Å². The number of carbonyl (C=O) groups is 2. The summed E-state index contributed by atoms with van der Waals surface area (Å²) in [6.07, 6.45) is 4.51. The zero-order chi connectivity index (χ0) is 14.6. The molecule has 1 aliphatic carbocycles. The maximum absolute atomic E-state index is 12.3. The normalized spacial score (nSPS) is 15.7. The Balaban J connectivity index is 1.97. The molecule has 108 valence electrons. The number of amides is 1. The molecule has 0 unspecified atom stereocenters. The second-order valence-corrected chi connectivity index (χ2v) is 5.58. The van der Waals surface area contributed by atoms with Crippen LogP contribution in [0.4, 0.5) is 5.69 Å². The highest BCUT2D eigenvalue weighted by Gasteiger charge is 2.48. The van der Waals surface area contributed by atoms with Gasteiger partial charge < -0.3 is 10.4 Å². The van der Waals surface area contributed by atoms with Crippen molar-refractivity contribution >= 4 is 17.6 Å².